The van der Waals surface area contributed by atoms with Gasteiger partial charge in [0.25, 0.3) is 5.91 Å². The SMILES string of the molecule is Cc1ccc2c(c1)C(=O)NCC2=O. The minimum Gasteiger partial charge on any atom is -0.345 e. The zero-order valence-electron chi connectivity index (χ0n) is 7.26. The fourth-order valence-corrected chi connectivity index (χ4v) is 1.44. The van der Waals surface area contributed by atoms with Crippen molar-refractivity contribution in [2.24, 2.45) is 0 Å². The molecule has 0 atom stereocenters. The Bertz CT molecular complexity index is 396. The fourth-order valence-electron chi connectivity index (χ4n) is 1.44. The summed E-state index contributed by atoms with van der Waals surface area (Å²) in [4.78, 5) is 22.6. The second kappa shape index (κ2) is 2.69. The molecule has 1 aromatic carbocycles. The number of carbonyl (C=O) groups is 2. The molecule has 1 aliphatic rings. The van der Waals surface area contributed by atoms with Gasteiger partial charge in [0.15, 0.2) is 5.78 Å². The number of amides is 1. The first-order valence-electron chi connectivity index (χ1n) is 4.10. The number of carbonyl (C=O) groups excluding carboxylic acids is 2. The van der Waals surface area contributed by atoms with Crippen molar-refractivity contribution in [1.29, 1.82) is 0 Å². The third-order valence-corrected chi connectivity index (χ3v) is 2.13. The number of aryl methyl sites for hydroxylation is 1. The summed E-state index contributed by atoms with van der Waals surface area (Å²) < 4.78 is 0. The number of fused-ring (bicyclic) bond motifs is 1. The summed E-state index contributed by atoms with van der Waals surface area (Å²) in [7, 11) is 0. The van der Waals surface area contributed by atoms with E-state index in [4.69, 9.17) is 0 Å². The topological polar surface area (TPSA) is 46.2 Å². The summed E-state index contributed by atoms with van der Waals surface area (Å²) in [5, 5.41) is 2.53. The first-order chi connectivity index (χ1) is 6.18. The van der Waals surface area contributed by atoms with E-state index in [1.54, 1.807) is 12.1 Å². The lowest BCUT2D eigenvalue weighted by Gasteiger charge is -2.15. The van der Waals surface area contributed by atoms with E-state index in [0.717, 1.165) is 5.56 Å². The van der Waals surface area contributed by atoms with E-state index in [2.05, 4.69) is 5.32 Å². The van der Waals surface area contributed by atoms with Crippen molar-refractivity contribution in [3.05, 3.63) is 34.9 Å². The van der Waals surface area contributed by atoms with Crippen molar-refractivity contribution in [2.45, 2.75) is 6.92 Å². The molecule has 0 saturated carbocycles. The minimum absolute atomic E-state index is 0.0189. The van der Waals surface area contributed by atoms with Crippen LogP contribution in [0.5, 0.6) is 0 Å². The van der Waals surface area contributed by atoms with E-state index < -0.39 is 0 Å². The summed E-state index contributed by atoms with van der Waals surface area (Å²) in [5.41, 5.74) is 2.02. The van der Waals surface area contributed by atoms with Gasteiger partial charge in [-0.05, 0) is 13.0 Å². The number of benzene rings is 1. The van der Waals surface area contributed by atoms with Crippen LogP contribution in [0.1, 0.15) is 26.3 Å². The molecule has 0 fully saturated rings. The molecule has 1 amide bonds. The van der Waals surface area contributed by atoms with Gasteiger partial charge in [-0.25, -0.2) is 0 Å². The average Bonchev–Trinajstić information content (AvgIpc) is 2.12. The summed E-state index contributed by atoms with van der Waals surface area (Å²) in [6.07, 6.45) is 0. The molecule has 1 aliphatic heterocycles. The van der Waals surface area contributed by atoms with E-state index in [9.17, 15) is 9.59 Å². The molecule has 0 aromatic heterocycles. The van der Waals surface area contributed by atoms with E-state index in [-0.39, 0.29) is 18.2 Å². The van der Waals surface area contributed by atoms with Crippen LogP contribution in [0.3, 0.4) is 0 Å². The number of Topliss-reactive ketones (excluding diaryl/α,β-unsaturated/α-hetero) is 1. The third-order valence-electron chi connectivity index (χ3n) is 2.13. The summed E-state index contributed by atoms with van der Waals surface area (Å²) in [5.74, 6) is -0.173. The van der Waals surface area contributed by atoms with Crippen LogP contribution >= 0.6 is 0 Å². The maximum atomic E-state index is 11.3. The smallest absolute Gasteiger partial charge is 0.252 e. The summed E-state index contributed by atoms with van der Waals surface area (Å²) in [6, 6.07) is 5.29. The molecule has 0 unspecified atom stereocenters. The Balaban J connectivity index is 2.63. The van der Waals surface area contributed by atoms with Crippen molar-refractivity contribution in [2.75, 3.05) is 6.54 Å². The van der Waals surface area contributed by atoms with Crippen LogP contribution in [0.15, 0.2) is 18.2 Å². The highest BCUT2D eigenvalue weighted by Crippen LogP contribution is 2.15. The first kappa shape index (κ1) is 7.98. The van der Waals surface area contributed by atoms with Crippen LogP contribution in [0, 0.1) is 6.92 Å². The van der Waals surface area contributed by atoms with Gasteiger partial charge in [-0.1, -0.05) is 17.7 Å². The molecule has 66 valence electrons. The van der Waals surface area contributed by atoms with Gasteiger partial charge in [-0.2, -0.15) is 0 Å². The second-order valence-electron chi connectivity index (χ2n) is 3.15. The van der Waals surface area contributed by atoms with Crippen molar-refractivity contribution < 1.29 is 9.59 Å². The lowest BCUT2D eigenvalue weighted by molar-refractivity contribution is 0.0877. The van der Waals surface area contributed by atoms with Crippen molar-refractivity contribution >= 4 is 11.7 Å². The lowest BCUT2D eigenvalue weighted by atomic mass is 9.97. The Morgan fingerprint density at radius 2 is 2.00 bits per heavy atom. The Labute approximate surface area is 75.8 Å². The normalized spacial score (nSPS) is 15.2. The van der Waals surface area contributed by atoms with Crippen LogP contribution in [0.25, 0.3) is 0 Å². The van der Waals surface area contributed by atoms with Gasteiger partial charge in [0.05, 0.1) is 12.1 Å². The highest BCUT2D eigenvalue weighted by Gasteiger charge is 2.22. The molecule has 3 nitrogen and oxygen atoms in total. The number of hydrogen-bond donors (Lipinski definition) is 1. The molecule has 0 aliphatic carbocycles. The predicted octanol–water partition coefficient (Wildman–Crippen LogP) is 0.921. The maximum Gasteiger partial charge on any atom is 0.252 e. The lowest BCUT2D eigenvalue weighted by Crippen LogP contribution is -2.36. The second-order valence-corrected chi connectivity index (χ2v) is 3.15. The number of nitrogens with one attached hydrogen (secondary N) is 1. The molecule has 3 heteroatoms. The van der Waals surface area contributed by atoms with Gasteiger partial charge in [0, 0.05) is 5.56 Å². The number of ketones is 1. The zero-order chi connectivity index (χ0) is 9.42. The van der Waals surface area contributed by atoms with Gasteiger partial charge in [-0.3, -0.25) is 9.59 Å². The van der Waals surface area contributed by atoms with Crippen molar-refractivity contribution in [3.63, 3.8) is 0 Å². The quantitative estimate of drug-likeness (QED) is 0.637. The molecule has 1 aromatic rings. The highest BCUT2D eigenvalue weighted by molar-refractivity contribution is 6.13. The average molecular weight is 175 g/mol. The van der Waals surface area contributed by atoms with Crippen molar-refractivity contribution in [1.82, 2.24) is 5.32 Å². The molecule has 0 radical (unpaired) electrons. The van der Waals surface area contributed by atoms with E-state index >= 15 is 0 Å². The minimum atomic E-state index is -0.154. The van der Waals surface area contributed by atoms with E-state index in [1.165, 1.54) is 0 Å². The van der Waals surface area contributed by atoms with Crippen LogP contribution in [0.2, 0.25) is 0 Å². The Morgan fingerprint density at radius 3 is 2.77 bits per heavy atom. The molecule has 13 heavy (non-hydrogen) atoms. The summed E-state index contributed by atoms with van der Waals surface area (Å²) in [6.45, 7) is 2.02. The fraction of sp³-hybridized carbons (Fsp3) is 0.200. The largest absolute Gasteiger partial charge is 0.345 e. The van der Waals surface area contributed by atoms with Crippen molar-refractivity contribution in [3.8, 4) is 0 Å². The molecule has 0 spiro atoms. The Kier molecular flexibility index (Phi) is 1.65. The van der Waals surface area contributed by atoms with Crippen LogP contribution in [0.4, 0.5) is 0 Å². The predicted molar refractivity (Wildman–Crippen MR) is 47.8 cm³/mol. The number of rotatable bonds is 0. The Morgan fingerprint density at radius 1 is 1.23 bits per heavy atom. The van der Waals surface area contributed by atoms with Crippen LogP contribution in [-0.2, 0) is 0 Å². The maximum absolute atomic E-state index is 11.3. The van der Waals surface area contributed by atoms with Gasteiger partial charge in [0.2, 0.25) is 0 Å². The number of hydrogen-bond acceptors (Lipinski definition) is 2. The molecule has 1 N–H and O–H groups in total. The molecule has 2 rings (SSSR count). The first-order valence-corrected chi connectivity index (χ1v) is 4.10. The van der Waals surface area contributed by atoms with Crippen LogP contribution < -0.4 is 5.32 Å². The zero-order valence-corrected chi connectivity index (χ0v) is 7.26. The van der Waals surface area contributed by atoms with Crippen LogP contribution in [-0.4, -0.2) is 18.2 Å². The van der Waals surface area contributed by atoms with Gasteiger partial charge in [-0.15, -0.1) is 0 Å². The standard InChI is InChI=1S/C10H9NO2/c1-6-2-3-7-8(4-6)10(13)11-5-9(7)12/h2-4H,5H2,1H3,(H,11,13). The van der Waals surface area contributed by atoms with Gasteiger partial charge in [0.1, 0.15) is 0 Å². The molecule has 0 saturated heterocycles. The monoisotopic (exact) mass is 175 g/mol. The van der Waals surface area contributed by atoms with Gasteiger partial charge >= 0.3 is 0 Å². The van der Waals surface area contributed by atoms with Gasteiger partial charge < -0.3 is 5.32 Å². The molecular weight excluding hydrogens is 166 g/mol. The summed E-state index contributed by atoms with van der Waals surface area (Å²) >= 11 is 0. The van der Waals surface area contributed by atoms with E-state index in [0.29, 0.717) is 11.1 Å². The molecular formula is C10H9NO2. The molecule has 0 bridgehead atoms. The molecule has 1 heterocycles. The van der Waals surface area contributed by atoms with E-state index in [1.807, 2.05) is 13.0 Å². The highest BCUT2D eigenvalue weighted by atomic mass is 16.2. The third kappa shape index (κ3) is 1.22. The Hall–Kier alpha value is -1.64.